The van der Waals surface area contributed by atoms with E-state index in [0.29, 0.717) is 6.42 Å². The number of carbonyl (C=O) groups is 3. The Morgan fingerprint density at radius 1 is 1.19 bits per heavy atom. The van der Waals surface area contributed by atoms with E-state index in [-0.39, 0.29) is 36.2 Å². The molecule has 0 spiro atoms. The lowest BCUT2D eigenvalue weighted by molar-refractivity contribution is -0.140. The van der Waals surface area contributed by atoms with Crippen LogP contribution >= 0.6 is 0 Å². The number of amides is 2. The van der Waals surface area contributed by atoms with Crippen LogP contribution in [0.4, 0.5) is 4.79 Å². The van der Waals surface area contributed by atoms with Crippen molar-refractivity contribution >= 4 is 17.8 Å². The quantitative estimate of drug-likeness (QED) is 0.724. The molecule has 5 heteroatoms. The van der Waals surface area contributed by atoms with Gasteiger partial charge in [0.2, 0.25) is 5.91 Å². The third kappa shape index (κ3) is 4.93. The lowest BCUT2D eigenvalue weighted by atomic mass is 9.82. The van der Waals surface area contributed by atoms with Gasteiger partial charge in [0, 0.05) is 6.42 Å². The number of hydrogen-bond donors (Lipinski definition) is 0. The second-order valence-corrected chi connectivity index (χ2v) is 8.54. The first-order chi connectivity index (χ1) is 12.1. The first kappa shape index (κ1) is 20.1. The summed E-state index contributed by atoms with van der Waals surface area (Å²) in [4.78, 5) is 39.5. The van der Waals surface area contributed by atoms with Crippen LogP contribution in [0.5, 0.6) is 0 Å². The number of benzene rings is 1. The van der Waals surface area contributed by atoms with Crippen molar-refractivity contribution in [2.24, 2.45) is 17.3 Å². The van der Waals surface area contributed by atoms with Crippen molar-refractivity contribution in [1.82, 2.24) is 4.90 Å². The number of carbonyl (C=O) groups excluding carboxylic acids is 3. The maximum atomic E-state index is 13.2. The van der Waals surface area contributed by atoms with Crippen LogP contribution in [-0.4, -0.2) is 35.3 Å². The Morgan fingerprint density at radius 2 is 1.81 bits per heavy atom. The first-order valence-electron chi connectivity index (χ1n) is 9.16. The topological polar surface area (TPSA) is 63.7 Å². The fraction of sp³-hybridized carbons (Fsp3) is 0.571. The van der Waals surface area contributed by atoms with Crippen molar-refractivity contribution in [2.45, 2.75) is 53.5 Å². The molecule has 1 aromatic carbocycles. The SMILES string of the molecule is CC(C)[C@@H]1COC(=O)N1C(=O)[C@H](Cc1ccccc1)C(=O)CC(C)(C)C. The molecule has 1 fully saturated rings. The van der Waals surface area contributed by atoms with Gasteiger partial charge in [-0.3, -0.25) is 9.59 Å². The minimum Gasteiger partial charge on any atom is -0.447 e. The molecular weight excluding hydrogens is 330 g/mol. The van der Waals surface area contributed by atoms with E-state index in [2.05, 4.69) is 0 Å². The first-order valence-corrected chi connectivity index (χ1v) is 9.16. The van der Waals surface area contributed by atoms with E-state index in [4.69, 9.17) is 4.74 Å². The minimum absolute atomic E-state index is 0.0699. The Morgan fingerprint density at radius 3 is 2.35 bits per heavy atom. The molecule has 1 aliphatic rings. The molecule has 0 aliphatic carbocycles. The Bertz CT molecular complexity index is 660. The number of rotatable bonds is 6. The molecule has 1 aromatic rings. The van der Waals surface area contributed by atoms with Crippen molar-refractivity contribution in [2.75, 3.05) is 6.61 Å². The monoisotopic (exact) mass is 359 g/mol. The molecule has 0 saturated carbocycles. The average Bonchev–Trinajstić information content (AvgIpc) is 2.93. The lowest BCUT2D eigenvalue weighted by Crippen LogP contribution is -2.47. The highest BCUT2D eigenvalue weighted by atomic mass is 16.6. The molecule has 1 aliphatic heterocycles. The van der Waals surface area contributed by atoms with Gasteiger partial charge in [-0.05, 0) is 23.3 Å². The number of nitrogens with zero attached hydrogens (tertiary/aromatic N) is 1. The van der Waals surface area contributed by atoms with Crippen molar-refractivity contribution in [1.29, 1.82) is 0 Å². The standard InChI is InChI=1S/C21H29NO4/c1-14(2)17-13-26-20(25)22(17)19(24)16(18(23)12-21(3,4)5)11-15-9-7-6-8-10-15/h6-10,14,16-17H,11-13H2,1-5H3/t16-,17+/m1/s1. The fourth-order valence-electron chi connectivity index (χ4n) is 3.18. The van der Waals surface area contributed by atoms with Gasteiger partial charge in [0.05, 0.1) is 6.04 Å². The van der Waals surface area contributed by atoms with Crippen LogP contribution in [0.15, 0.2) is 30.3 Å². The number of Topliss-reactive ketones (excluding diaryl/α,β-unsaturated/α-hetero) is 1. The predicted molar refractivity (Wildman–Crippen MR) is 99.5 cm³/mol. The Kier molecular flexibility index (Phi) is 6.21. The van der Waals surface area contributed by atoms with Gasteiger partial charge in [0.1, 0.15) is 18.3 Å². The molecule has 2 atom stereocenters. The number of ketones is 1. The van der Waals surface area contributed by atoms with Gasteiger partial charge in [0.15, 0.2) is 0 Å². The summed E-state index contributed by atoms with van der Waals surface area (Å²) in [5.41, 5.74) is 0.678. The summed E-state index contributed by atoms with van der Waals surface area (Å²) in [6.45, 7) is 9.97. The molecule has 0 N–H and O–H groups in total. The molecule has 0 radical (unpaired) electrons. The molecule has 1 saturated heterocycles. The summed E-state index contributed by atoms with van der Waals surface area (Å²) >= 11 is 0. The summed E-state index contributed by atoms with van der Waals surface area (Å²) < 4.78 is 5.10. The summed E-state index contributed by atoms with van der Waals surface area (Å²) in [6.07, 6.45) is -0.0652. The van der Waals surface area contributed by atoms with E-state index in [0.717, 1.165) is 5.56 Å². The molecule has 0 bridgehead atoms. The molecule has 2 rings (SSSR count). The van der Waals surface area contributed by atoms with Crippen LogP contribution in [0.25, 0.3) is 0 Å². The van der Waals surface area contributed by atoms with E-state index in [1.165, 1.54) is 4.90 Å². The molecule has 0 unspecified atom stereocenters. The molecular formula is C21H29NO4. The average molecular weight is 359 g/mol. The maximum absolute atomic E-state index is 13.2. The van der Waals surface area contributed by atoms with Gasteiger partial charge in [-0.1, -0.05) is 65.0 Å². The summed E-state index contributed by atoms with van der Waals surface area (Å²) in [5.74, 6) is -1.37. The van der Waals surface area contributed by atoms with Gasteiger partial charge in [-0.25, -0.2) is 9.69 Å². The number of imide groups is 1. The highest BCUT2D eigenvalue weighted by Gasteiger charge is 2.44. The van der Waals surface area contributed by atoms with Crippen molar-refractivity contribution in [3.05, 3.63) is 35.9 Å². The maximum Gasteiger partial charge on any atom is 0.417 e. The van der Waals surface area contributed by atoms with Gasteiger partial charge in [0.25, 0.3) is 0 Å². The normalized spacial score (nSPS) is 18.8. The second kappa shape index (κ2) is 8.02. The van der Waals surface area contributed by atoms with E-state index in [9.17, 15) is 14.4 Å². The molecule has 142 valence electrons. The summed E-state index contributed by atoms with van der Waals surface area (Å²) in [6, 6.07) is 9.12. The largest absolute Gasteiger partial charge is 0.447 e. The highest BCUT2D eigenvalue weighted by molar-refractivity contribution is 6.07. The van der Waals surface area contributed by atoms with E-state index >= 15 is 0 Å². The van der Waals surface area contributed by atoms with Crippen LogP contribution < -0.4 is 0 Å². The van der Waals surface area contributed by atoms with Crippen LogP contribution in [0, 0.1) is 17.3 Å². The van der Waals surface area contributed by atoms with Crippen LogP contribution in [0.3, 0.4) is 0 Å². The van der Waals surface area contributed by atoms with Gasteiger partial charge < -0.3 is 4.74 Å². The zero-order chi connectivity index (χ0) is 19.5. The summed E-state index contributed by atoms with van der Waals surface area (Å²) in [7, 11) is 0. The van der Waals surface area contributed by atoms with Gasteiger partial charge >= 0.3 is 6.09 Å². The van der Waals surface area contributed by atoms with Gasteiger partial charge in [-0.2, -0.15) is 0 Å². The zero-order valence-electron chi connectivity index (χ0n) is 16.3. The number of ether oxygens (including phenoxy) is 1. The van der Waals surface area contributed by atoms with Crippen molar-refractivity contribution < 1.29 is 19.1 Å². The second-order valence-electron chi connectivity index (χ2n) is 8.54. The molecule has 5 nitrogen and oxygen atoms in total. The Labute approximate surface area is 155 Å². The van der Waals surface area contributed by atoms with Crippen LogP contribution in [0.2, 0.25) is 0 Å². The lowest BCUT2D eigenvalue weighted by Gasteiger charge is -2.28. The molecule has 2 amide bonds. The van der Waals surface area contributed by atoms with E-state index in [1.807, 2.05) is 65.0 Å². The fourth-order valence-corrected chi connectivity index (χ4v) is 3.18. The minimum atomic E-state index is -0.872. The van der Waals surface area contributed by atoms with Gasteiger partial charge in [-0.15, -0.1) is 0 Å². The molecule has 0 aromatic heterocycles. The third-order valence-corrected chi connectivity index (χ3v) is 4.59. The van der Waals surface area contributed by atoms with Crippen molar-refractivity contribution in [3.63, 3.8) is 0 Å². The molecule has 26 heavy (non-hydrogen) atoms. The van der Waals surface area contributed by atoms with E-state index in [1.54, 1.807) is 0 Å². The molecule has 1 heterocycles. The van der Waals surface area contributed by atoms with Crippen molar-refractivity contribution in [3.8, 4) is 0 Å². The Hall–Kier alpha value is -2.17. The van der Waals surface area contributed by atoms with Crippen LogP contribution in [0.1, 0.15) is 46.6 Å². The number of hydrogen-bond acceptors (Lipinski definition) is 4. The summed E-state index contributed by atoms with van der Waals surface area (Å²) in [5, 5.41) is 0. The zero-order valence-corrected chi connectivity index (χ0v) is 16.3. The Balaban J connectivity index is 2.31. The smallest absolute Gasteiger partial charge is 0.417 e. The van der Waals surface area contributed by atoms with Crippen LogP contribution in [-0.2, 0) is 20.7 Å². The highest BCUT2D eigenvalue weighted by Crippen LogP contribution is 2.27. The van der Waals surface area contributed by atoms with E-state index < -0.39 is 17.9 Å². The number of cyclic esters (lactones) is 1. The third-order valence-electron chi connectivity index (χ3n) is 4.59. The predicted octanol–water partition coefficient (Wildman–Crippen LogP) is 3.85.